The molecule has 218 valence electrons. The van der Waals surface area contributed by atoms with Gasteiger partial charge in [-0.3, -0.25) is 24.0 Å². The van der Waals surface area contributed by atoms with Crippen molar-refractivity contribution in [3.8, 4) is 0 Å². The van der Waals surface area contributed by atoms with Gasteiger partial charge in [0, 0.05) is 24.2 Å². The van der Waals surface area contributed by atoms with Crippen LogP contribution in [0.15, 0.2) is 83.8 Å². The number of aryl methyl sites for hydroxylation is 1. The van der Waals surface area contributed by atoms with E-state index in [1.807, 2.05) is 52.0 Å². The third-order valence-electron chi connectivity index (χ3n) is 6.28. The Morgan fingerprint density at radius 3 is 2.15 bits per heavy atom. The normalized spacial score (nSPS) is 12.3. The molecule has 0 spiro atoms. The lowest BCUT2D eigenvalue weighted by Crippen LogP contribution is -2.55. The number of rotatable bonds is 11. The van der Waals surface area contributed by atoms with Crippen LogP contribution in [-0.2, 0) is 26.2 Å². The molecule has 0 aliphatic rings. The zero-order chi connectivity index (χ0) is 30.4. The Morgan fingerprint density at radius 1 is 0.976 bits per heavy atom. The van der Waals surface area contributed by atoms with E-state index in [2.05, 4.69) is 5.32 Å². The Kier molecular flexibility index (Phi) is 9.88. The van der Waals surface area contributed by atoms with Crippen molar-refractivity contribution in [3.05, 3.63) is 100 Å². The van der Waals surface area contributed by atoms with Gasteiger partial charge in [-0.25, -0.2) is 8.42 Å². The Balaban J connectivity index is 2.08. The van der Waals surface area contributed by atoms with E-state index in [0.29, 0.717) is 6.42 Å². The van der Waals surface area contributed by atoms with E-state index >= 15 is 0 Å². The summed E-state index contributed by atoms with van der Waals surface area (Å²) < 4.78 is 28.6. The largest absolute Gasteiger partial charge is 0.350 e. The van der Waals surface area contributed by atoms with Crippen LogP contribution < -0.4 is 9.62 Å². The molecule has 0 heterocycles. The van der Waals surface area contributed by atoms with Gasteiger partial charge in [0.1, 0.15) is 12.6 Å². The number of nitro groups is 1. The lowest BCUT2D eigenvalue weighted by Gasteiger charge is -2.34. The van der Waals surface area contributed by atoms with Crippen LogP contribution >= 0.6 is 0 Å². The summed E-state index contributed by atoms with van der Waals surface area (Å²) >= 11 is 0. The molecule has 0 fully saturated rings. The lowest BCUT2D eigenvalue weighted by atomic mass is 10.0. The summed E-state index contributed by atoms with van der Waals surface area (Å²) in [6.45, 7) is 8.68. The standard InChI is InChI=1S/C30H36N4O6S/c1-6-27(29(36)31-30(3,4)5)32(20-23-12-10-11-22(2)19-23)28(35)21-33(24-15-17-25(18-16-24)34(37)38)41(39,40)26-13-8-7-9-14-26/h7-19,27H,6,20-21H2,1-5H3,(H,31,36). The number of nitro benzene ring substituents is 1. The minimum absolute atomic E-state index is 0.0473. The fourth-order valence-corrected chi connectivity index (χ4v) is 5.80. The van der Waals surface area contributed by atoms with Gasteiger partial charge in [-0.2, -0.15) is 0 Å². The highest BCUT2D eigenvalue weighted by Crippen LogP contribution is 2.27. The summed E-state index contributed by atoms with van der Waals surface area (Å²) in [6.07, 6.45) is 0.294. The van der Waals surface area contributed by atoms with Crippen LogP contribution in [0.5, 0.6) is 0 Å². The predicted octanol–water partition coefficient (Wildman–Crippen LogP) is 4.82. The number of nitrogens with one attached hydrogen (secondary N) is 1. The maximum Gasteiger partial charge on any atom is 0.269 e. The molecular weight excluding hydrogens is 544 g/mol. The van der Waals surface area contributed by atoms with Gasteiger partial charge >= 0.3 is 0 Å². The smallest absolute Gasteiger partial charge is 0.269 e. The van der Waals surface area contributed by atoms with Gasteiger partial charge < -0.3 is 10.2 Å². The second-order valence-corrected chi connectivity index (χ2v) is 12.6. The van der Waals surface area contributed by atoms with E-state index in [4.69, 9.17) is 0 Å². The average Bonchev–Trinajstić information content (AvgIpc) is 2.91. The van der Waals surface area contributed by atoms with Crippen molar-refractivity contribution >= 4 is 33.2 Å². The summed E-state index contributed by atoms with van der Waals surface area (Å²) in [5.41, 5.74) is 1.07. The average molecular weight is 581 g/mol. The highest BCUT2D eigenvalue weighted by Gasteiger charge is 2.34. The summed E-state index contributed by atoms with van der Waals surface area (Å²) in [7, 11) is -4.26. The quantitative estimate of drug-likeness (QED) is 0.256. The molecule has 41 heavy (non-hydrogen) atoms. The highest BCUT2D eigenvalue weighted by molar-refractivity contribution is 7.92. The van der Waals surface area contributed by atoms with E-state index < -0.39 is 39.0 Å². The first-order valence-electron chi connectivity index (χ1n) is 13.2. The van der Waals surface area contributed by atoms with Gasteiger partial charge in [0.25, 0.3) is 15.7 Å². The maximum absolute atomic E-state index is 14.1. The fourth-order valence-electron chi connectivity index (χ4n) is 4.37. The number of anilines is 1. The number of hydrogen-bond acceptors (Lipinski definition) is 6. The van der Waals surface area contributed by atoms with E-state index in [0.717, 1.165) is 15.4 Å². The van der Waals surface area contributed by atoms with E-state index in [-0.39, 0.29) is 28.7 Å². The highest BCUT2D eigenvalue weighted by atomic mass is 32.2. The molecule has 1 N–H and O–H groups in total. The van der Waals surface area contributed by atoms with Crippen molar-refractivity contribution in [1.82, 2.24) is 10.2 Å². The molecule has 1 unspecified atom stereocenters. The molecule has 0 aliphatic heterocycles. The number of hydrogen-bond donors (Lipinski definition) is 1. The van der Waals surface area contributed by atoms with Crippen molar-refractivity contribution in [2.75, 3.05) is 10.8 Å². The lowest BCUT2D eigenvalue weighted by molar-refractivity contribution is -0.384. The number of non-ortho nitro benzene ring substituents is 1. The molecule has 0 aliphatic carbocycles. The third-order valence-corrected chi connectivity index (χ3v) is 8.07. The first kappa shape index (κ1) is 31.3. The monoisotopic (exact) mass is 580 g/mol. The number of carbonyl (C=O) groups is 2. The Labute approximate surface area is 241 Å². The molecule has 11 heteroatoms. The number of nitrogens with zero attached hydrogens (tertiary/aromatic N) is 3. The first-order chi connectivity index (χ1) is 19.2. The Morgan fingerprint density at radius 2 is 1.61 bits per heavy atom. The van der Waals surface area contributed by atoms with Crippen LogP contribution in [0.1, 0.15) is 45.2 Å². The molecule has 0 saturated carbocycles. The predicted molar refractivity (Wildman–Crippen MR) is 158 cm³/mol. The zero-order valence-electron chi connectivity index (χ0n) is 23.9. The molecule has 2 amide bonds. The van der Waals surface area contributed by atoms with Crippen LogP contribution in [0.25, 0.3) is 0 Å². The van der Waals surface area contributed by atoms with Crippen LogP contribution in [0.2, 0.25) is 0 Å². The van der Waals surface area contributed by atoms with Crippen LogP contribution in [0.4, 0.5) is 11.4 Å². The molecule has 1 atom stereocenters. The van der Waals surface area contributed by atoms with Crippen LogP contribution in [0, 0.1) is 17.0 Å². The van der Waals surface area contributed by atoms with Crippen LogP contribution in [0.3, 0.4) is 0 Å². The van der Waals surface area contributed by atoms with Gasteiger partial charge in [0.15, 0.2) is 0 Å². The van der Waals surface area contributed by atoms with E-state index in [1.165, 1.54) is 41.3 Å². The second-order valence-electron chi connectivity index (χ2n) is 10.8. The molecule has 0 saturated heterocycles. The minimum Gasteiger partial charge on any atom is -0.350 e. The van der Waals surface area contributed by atoms with Crippen molar-refractivity contribution in [2.24, 2.45) is 0 Å². The van der Waals surface area contributed by atoms with Gasteiger partial charge in [-0.1, -0.05) is 55.0 Å². The summed E-state index contributed by atoms with van der Waals surface area (Å²) in [5, 5.41) is 14.1. The second kappa shape index (κ2) is 12.9. The molecule has 10 nitrogen and oxygen atoms in total. The maximum atomic E-state index is 14.1. The van der Waals surface area contributed by atoms with E-state index in [1.54, 1.807) is 25.1 Å². The van der Waals surface area contributed by atoms with Crippen molar-refractivity contribution in [3.63, 3.8) is 0 Å². The van der Waals surface area contributed by atoms with Gasteiger partial charge in [-0.05, 0) is 63.9 Å². The molecule has 3 aromatic carbocycles. The van der Waals surface area contributed by atoms with Crippen molar-refractivity contribution in [2.45, 2.75) is 64.1 Å². The molecule has 3 rings (SSSR count). The van der Waals surface area contributed by atoms with Crippen molar-refractivity contribution < 1.29 is 22.9 Å². The van der Waals surface area contributed by atoms with Gasteiger partial charge in [0.05, 0.1) is 15.5 Å². The summed E-state index contributed by atoms with van der Waals surface area (Å²) in [4.78, 5) is 39.4. The van der Waals surface area contributed by atoms with Crippen LogP contribution in [-0.4, -0.2) is 48.2 Å². The Hall–Kier alpha value is -4.25. The summed E-state index contributed by atoms with van der Waals surface area (Å²) in [6, 6.07) is 19.2. The molecular formula is C30H36N4O6S. The number of carbonyl (C=O) groups excluding carboxylic acids is 2. The Bertz CT molecular complexity index is 1490. The molecule has 3 aromatic rings. The number of amides is 2. The zero-order valence-corrected chi connectivity index (χ0v) is 24.7. The summed E-state index contributed by atoms with van der Waals surface area (Å²) in [5.74, 6) is -0.950. The third kappa shape index (κ3) is 8.14. The molecule has 0 aromatic heterocycles. The van der Waals surface area contributed by atoms with Gasteiger partial charge in [0.2, 0.25) is 11.8 Å². The van der Waals surface area contributed by atoms with Crippen molar-refractivity contribution in [1.29, 1.82) is 0 Å². The molecule has 0 radical (unpaired) electrons. The molecule has 0 bridgehead atoms. The minimum atomic E-state index is -4.26. The SMILES string of the molecule is CCC(C(=O)NC(C)(C)C)N(Cc1cccc(C)c1)C(=O)CN(c1ccc([N+](=O)[O-])cc1)S(=O)(=O)c1ccccc1. The number of benzene rings is 3. The topological polar surface area (TPSA) is 130 Å². The van der Waals surface area contributed by atoms with Gasteiger partial charge in [-0.15, -0.1) is 0 Å². The first-order valence-corrected chi connectivity index (χ1v) is 14.7. The number of sulfonamides is 1. The van der Waals surface area contributed by atoms with E-state index in [9.17, 15) is 28.1 Å². The fraction of sp³-hybridized carbons (Fsp3) is 0.333.